The SMILES string of the molecule is Cc1ccc2c(c1)C(NC1CCCN(C)C1)CC2. The van der Waals surface area contributed by atoms with E-state index < -0.39 is 0 Å². The summed E-state index contributed by atoms with van der Waals surface area (Å²) in [7, 11) is 2.24. The molecule has 0 aromatic heterocycles. The Hall–Kier alpha value is -0.860. The molecule has 1 heterocycles. The Bertz CT molecular complexity index is 427. The van der Waals surface area contributed by atoms with Crippen LogP contribution >= 0.6 is 0 Å². The van der Waals surface area contributed by atoms with E-state index in [0.29, 0.717) is 12.1 Å². The van der Waals surface area contributed by atoms with Gasteiger partial charge in [-0.25, -0.2) is 0 Å². The first-order valence-corrected chi connectivity index (χ1v) is 7.26. The van der Waals surface area contributed by atoms with Crippen LogP contribution in [0.1, 0.15) is 42.0 Å². The number of benzene rings is 1. The topological polar surface area (TPSA) is 15.3 Å². The molecule has 0 amide bonds. The number of nitrogens with one attached hydrogen (secondary N) is 1. The van der Waals surface area contributed by atoms with Crippen molar-refractivity contribution in [3.8, 4) is 0 Å². The van der Waals surface area contributed by atoms with Crippen molar-refractivity contribution in [2.24, 2.45) is 0 Å². The van der Waals surface area contributed by atoms with E-state index in [1.807, 2.05) is 0 Å². The van der Waals surface area contributed by atoms with E-state index in [1.165, 1.54) is 44.3 Å². The molecule has 2 atom stereocenters. The predicted octanol–water partition coefficient (Wildman–Crippen LogP) is 2.67. The molecule has 2 heteroatoms. The molecule has 1 aliphatic heterocycles. The molecule has 0 spiro atoms. The highest BCUT2D eigenvalue weighted by Gasteiger charge is 2.26. The van der Waals surface area contributed by atoms with Crippen LogP contribution in [0, 0.1) is 6.92 Å². The highest BCUT2D eigenvalue weighted by Crippen LogP contribution is 2.32. The monoisotopic (exact) mass is 244 g/mol. The highest BCUT2D eigenvalue weighted by molar-refractivity contribution is 5.37. The zero-order valence-electron chi connectivity index (χ0n) is 11.6. The molecular formula is C16H24N2. The van der Waals surface area contributed by atoms with Gasteiger partial charge in [-0.1, -0.05) is 23.8 Å². The van der Waals surface area contributed by atoms with Gasteiger partial charge in [0.2, 0.25) is 0 Å². The quantitative estimate of drug-likeness (QED) is 0.860. The van der Waals surface area contributed by atoms with Gasteiger partial charge in [-0.2, -0.15) is 0 Å². The van der Waals surface area contributed by atoms with E-state index in [9.17, 15) is 0 Å². The third kappa shape index (κ3) is 2.45. The largest absolute Gasteiger partial charge is 0.306 e. The molecule has 1 N–H and O–H groups in total. The number of likely N-dealkylation sites (N-methyl/N-ethyl adjacent to an activating group) is 1. The Morgan fingerprint density at radius 1 is 1.28 bits per heavy atom. The van der Waals surface area contributed by atoms with Crippen molar-refractivity contribution in [3.63, 3.8) is 0 Å². The molecule has 0 bridgehead atoms. The van der Waals surface area contributed by atoms with Crippen molar-refractivity contribution in [1.29, 1.82) is 0 Å². The summed E-state index contributed by atoms with van der Waals surface area (Å²) >= 11 is 0. The van der Waals surface area contributed by atoms with Crippen LogP contribution in [0.15, 0.2) is 18.2 Å². The Kier molecular flexibility index (Phi) is 3.40. The smallest absolute Gasteiger partial charge is 0.0329 e. The molecule has 98 valence electrons. The van der Waals surface area contributed by atoms with Gasteiger partial charge in [0.1, 0.15) is 0 Å². The van der Waals surface area contributed by atoms with Crippen LogP contribution in [0.2, 0.25) is 0 Å². The van der Waals surface area contributed by atoms with Gasteiger partial charge in [0.25, 0.3) is 0 Å². The molecule has 1 saturated heterocycles. The molecule has 18 heavy (non-hydrogen) atoms. The lowest BCUT2D eigenvalue weighted by Crippen LogP contribution is -2.44. The van der Waals surface area contributed by atoms with Gasteiger partial charge in [-0.15, -0.1) is 0 Å². The molecule has 3 rings (SSSR count). The number of hydrogen-bond acceptors (Lipinski definition) is 2. The van der Waals surface area contributed by atoms with Gasteiger partial charge < -0.3 is 10.2 Å². The van der Waals surface area contributed by atoms with Crippen molar-refractivity contribution >= 4 is 0 Å². The van der Waals surface area contributed by atoms with Gasteiger partial charge in [-0.05, 0) is 57.3 Å². The first kappa shape index (κ1) is 12.2. The molecular weight excluding hydrogens is 220 g/mol. The molecule has 2 aliphatic rings. The number of aryl methyl sites for hydroxylation is 2. The minimum absolute atomic E-state index is 0.594. The minimum Gasteiger partial charge on any atom is -0.306 e. The number of piperidine rings is 1. The first-order valence-electron chi connectivity index (χ1n) is 7.26. The van der Waals surface area contributed by atoms with Crippen LogP contribution in [0.5, 0.6) is 0 Å². The number of likely N-dealkylation sites (tertiary alicyclic amines) is 1. The van der Waals surface area contributed by atoms with Gasteiger partial charge in [0, 0.05) is 18.6 Å². The zero-order valence-corrected chi connectivity index (χ0v) is 11.6. The second-order valence-electron chi connectivity index (χ2n) is 6.06. The van der Waals surface area contributed by atoms with Crippen molar-refractivity contribution in [3.05, 3.63) is 34.9 Å². The average Bonchev–Trinajstić information content (AvgIpc) is 2.72. The summed E-state index contributed by atoms with van der Waals surface area (Å²) < 4.78 is 0. The molecule has 2 unspecified atom stereocenters. The van der Waals surface area contributed by atoms with E-state index >= 15 is 0 Å². The predicted molar refractivity (Wildman–Crippen MR) is 75.9 cm³/mol. The van der Waals surface area contributed by atoms with Gasteiger partial charge >= 0.3 is 0 Å². The van der Waals surface area contributed by atoms with E-state index in [0.717, 1.165) is 0 Å². The second-order valence-corrected chi connectivity index (χ2v) is 6.06. The number of rotatable bonds is 2. The summed E-state index contributed by atoms with van der Waals surface area (Å²) in [6.07, 6.45) is 5.19. The minimum atomic E-state index is 0.594. The molecule has 1 fully saturated rings. The number of nitrogens with zero attached hydrogens (tertiary/aromatic N) is 1. The normalized spacial score (nSPS) is 28.3. The van der Waals surface area contributed by atoms with Gasteiger partial charge in [-0.3, -0.25) is 0 Å². The number of fused-ring (bicyclic) bond motifs is 1. The Morgan fingerprint density at radius 2 is 2.17 bits per heavy atom. The van der Waals surface area contributed by atoms with Crippen molar-refractivity contribution in [2.45, 2.75) is 44.7 Å². The number of hydrogen-bond donors (Lipinski definition) is 1. The summed E-state index contributed by atoms with van der Waals surface area (Å²) in [5.41, 5.74) is 4.51. The lowest BCUT2D eigenvalue weighted by molar-refractivity contribution is 0.216. The maximum absolute atomic E-state index is 3.89. The van der Waals surface area contributed by atoms with E-state index in [4.69, 9.17) is 0 Å². The fourth-order valence-electron chi connectivity index (χ4n) is 3.48. The molecule has 0 saturated carbocycles. The highest BCUT2D eigenvalue weighted by atomic mass is 15.1. The van der Waals surface area contributed by atoms with Crippen LogP contribution in [0.25, 0.3) is 0 Å². The summed E-state index contributed by atoms with van der Waals surface area (Å²) in [6.45, 7) is 4.67. The Balaban J connectivity index is 1.70. The van der Waals surface area contributed by atoms with Gasteiger partial charge in [0.15, 0.2) is 0 Å². The van der Waals surface area contributed by atoms with Crippen LogP contribution in [-0.2, 0) is 6.42 Å². The first-order chi connectivity index (χ1) is 8.72. The fourth-order valence-corrected chi connectivity index (χ4v) is 3.48. The summed E-state index contributed by atoms with van der Waals surface area (Å²) in [4.78, 5) is 2.45. The molecule has 0 radical (unpaired) electrons. The van der Waals surface area contributed by atoms with Crippen LogP contribution in [-0.4, -0.2) is 31.1 Å². The fraction of sp³-hybridized carbons (Fsp3) is 0.625. The molecule has 1 aromatic rings. The van der Waals surface area contributed by atoms with Crippen LogP contribution in [0.3, 0.4) is 0 Å². The summed E-state index contributed by atoms with van der Waals surface area (Å²) in [6, 6.07) is 8.22. The van der Waals surface area contributed by atoms with Gasteiger partial charge in [0.05, 0.1) is 0 Å². The van der Waals surface area contributed by atoms with E-state index in [-0.39, 0.29) is 0 Å². The standard InChI is InChI=1S/C16H24N2/c1-12-5-6-13-7-8-16(15(13)10-12)17-14-4-3-9-18(2)11-14/h5-6,10,14,16-17H,3-4,7-9,11H2,1-2H3. The lowest BCUT2D eigenvalue weighted by Gasteiger charge is -2.32. The Labute approximate surface area is 110 Å². The van der Waals surface area contributed by atoms with Crippen LogP contribution < -0.4 is 5.32 Å². The molecule has 1 aromatic carbocycles. The third-order valence-electron chi connectivity index (χ3n) is 4.44. The maximum atomic E-state index is 3.89. The molecule has 1 aliphatic carbocycles. The van der Waals surface area contributed by atoms with Crippen molar-refractivity contribution in [1.82, 2.24) is 10.2 Å². The molecule has 2 nitrogen and oxygen atoms in total. The summed E-state index contributed by atoms with van der Waals surface area (Å²) in [5, 5.41) is 3.89. The average molecular weight is 244 g/mol. The Morgan fingerprint density at radius 3 is 3.00 bits per heavy atom. The maximum Gasteiger partial charge on any atom is 0.0329 e. The van der Waals surface area contributed by atoms with E-state index in [1.54, 1.807) is 11.1 Å². The van der Waals surface area contributed by atoms with Crippen molar-refractivity contribution in [2.75, 3.05) is 20.1 Å². The third-order valence-corrected chi connectivity index (χ3v) is 4.44. The second kappa shape index (κ2) is 5.02. The van der Waals surface area contributed by atoms with Crippen molar-refractivity contribution < 1.29 is 0 Å². The lowest BCUT2D eigenvalue weighted by atomic mass is 10.0. The van der Waals surface area contributed by atoms with E-state index in [2.05, 4.69) is 42.4 Å². The zero-order chi connectivity index (χ0) is 12.5. The van der Waals surface area contributed by atoms with Crippen LogP contribution in [0.4, 0.5) is 0 Å². The summed E-state index contributed by atoms with van der Waals surface area (Å²) in [5.74, 6) is 0.